The van der Waals surface area contributed by atoms with Crippen molar-refractivity contribution < 1.29 is 24.0 Å². The molecule has 4 aromatic rings. The number of fused-ring (bicyclic) bond motifs is 3. The highest BCUT2D eigenvalue weighted by Crippen LogP contribution is 2.36. The van der Waals surface area contributed by atoms with Crippen LogP contribution in [-0.4, -0.2) is 33.1 Å². The lowest BCUT2D eigenvalue weighted by Gasteiger charge is -2.03. The summed E-state index contributed by atoms with van der Waals surface area (Å²) in [6.07, 6.45) is 1.43. The van der Waals surface area contributed by atoms with Gasteiger partial charge in [0.05, 0.1) is 29.2 Å². The number of carboxylic acids is 1. The first-order valence-corrected chi connectivity index (χ1v) is 7.74. The maximum atomic E-state index is 11.6. The Hall–Kier alpha value is -4.01. The van der Waals surface area contributed by atoms with Gasteiger partial charge >= 0.3 is 5.97 Å². The van der Waals surface area contributed by atoms with Crippen LogP contribution in [0.2, 0.25) is 0 Å². The molecule has 0 saturated heterocycles. The third kappa shape index (κ3) is 2.61. The number of methoxy groups -OCH3 is 1. The molecule has 0 radical (unpaired) electrons. The van der Waals surface area contributed by atoms with Gasteiger partial charge in [0.2, 0.25) is 0 Å². The first-order chi connectivity index (χ1) is 13.0. The molecule has 2 aromatic heterocycles. The summed E-state index contributed by atoms with van der Waals surface area (Å²) in [5, 5.41) is 20.6. The number of rotatable bonds is 4. The molecule has 27 heavy (non-hydrogen) atoms. The molecule has 0 spiro atoms. The molecule has 134 valence electrons. The van der Waals surface area contributed by atoms with E-state index in [1.54, 1.807) is 0 Å². The maximum Gasteiger partial charge on any atom is 0.336 e. The van der Waals surface area contributed by atoms with Crippen LogP contribution in [0, 0.1) is 10.1 Å². The Morgan fingerprint density at radius 3 is 2.59 bits per heavy atom. The number of nitrogens with zero attached hydrogens (tertiary/aromatic N) is 3. The van der Waals surface area contributed by atoms with Crippen molar-refractivity contribution in [2.75, 3.05) is 7.11 Å². The van der Waals surface area contributed by atoms with Crippen molar-refractivity contribution >= 4 is 33.7 Å². The molecule has 9 heteroatoms. The normalized spacial score (nSPS) is 11.0. The van der Waals surface area contributed by atoms with Gasteiger partial charge in [0.15, 0.2) is 22.7 Å². The van der Waals surface area contributed by atoms with Crippen molar-refractivity contribution in [3.05, 3.63) is 58.3 Å². The highest BCUT2D eigenvalue weighted by atomic mass is 16.6. The Labute approximate surface area is 151 Å². The van der Waals surface area contributed by atoms with Crippen molar-refractivity contribution in [3.63, 3.8) is 0 Å². The van der Waals surface area contributed by atoms with E-state index in [0.29, 0.717) is 33.6 Å². The van der Waals surface area contributed by atoms with E-state index in [4.69, 9.17) is 9.15 Å². The van der Waals surface area contributed by atoms with Gasteiger partial charge in [-0.15, -0.1) is 0 Å². The average molecular weight is 365 g/mol. The van der Waals surface area contributed by atoms with Gasteiger partial charge in [-0.3, -0.25) is 10.1 Å². The number of ether oxygens (including phenoxy) is 1. The van der Waals surface area contributed by atoms with Gasteiger partial charge in [-0.05, 0) is 24.3 Å². The molecule has 9 nitrogen and oxygen atoms in total. The van der Waals surface area contributed by atoms with Crippen LogP contribution in [0.5, 0.6) is 5.75 Å². The molecule has 4 rings (SSSR count). The molecule has 0 bridgehead atoms. The smallest absolute Gasteiger partial charge is 0.336 e. The highest BCUT2D eigenvalue weighted by Gasteiger charge is 2.21. The minimum absolute atomic E-state index is 0.0258. The largest absolute Gasteiger partial charge is 0.493 e. The number of carboxylic acid groups (broad SMARTS) is 1. The minimum atomic E-state index is -1.12. The number of hydrogen-bond acceptors (Lipinski definition) is 7. The zero-order valence-electron chi connectivity index (χ0n) is 13.9. The number of furan rings is 1. The molecule has 2 aromatic carbocycles. The van der Waals surface area contributed by atoms with Gasteiger partial charge in [0.25, 0.3) is 5.69 Å². The summed E-state index contributed by atoms with van der Waals surface area (Å²) in [4.78, 5) is 30.6. The predicted molar refractivity (Wildman–Crippen MR) is 94.9 cm³/mol. The molecule has 2 heterocycles. The molecule has 0 aliphatic heterocycles. The Morgan fingerprint density at radius 2 is 1.96 bits per heavy atom. The zero-order chi connectivity index (χ0) is 19.1. The van der Waals surface area contributed by atoms with Crippen LogP contribution >= 0.6 is 0 Å². The van der Waals surface area contributed by atoms with Crippen LogP contribution < -0.4 is 4.74 Å². The lowest BCUT2D eigenvalue weighted by atomic mass is 10.1. The molecule has 0 fully saturated rings. The third-order valence-electron chi connectivity index (χ3n) is 4.11. The van der Waals surface area contributed by atoms with E-state index in [1.165, 1.54) is 49.7 Å². The van der Waals surface area contributed by atoms with Crippen LogP contribution in [0.1, 0.15) is 10.4 Å². The van der Waals surface area contributed by atoms with E-state index >= 15 is 0 Å². The standard InChI is InChI=1S/C18H11N3O6/c1-26-12-7-6-11(18(22)23)14-15-13(27-16(12)14)8-19-17(20-15)9-2-4-10(5-3-9)21(24)25/h2-8H,1H3,(H,22,23). The molecule has 0 saturated carbocycles. The van der Waals surface area contributed by atoms with Crippen molar-refractivity contribution in [1.82, 2.24) is 9.97 Å². The Morgan fingerprint density at radius 1 is 1.22 bits per heavy atom. The quantitative estimate of drug-likeness (QED) is 0.428. The molecule has 0 unspecified atom stereocenters. The van der Waals surface area contributed by atoms with E-state index in [9.17, 15) is 20.0 Å². The number of aromatic carboxylic acids is 1. The van der Waals surface area contributed by atoms with Crippen molar-refractivity contribution in [1.29, 1.82) is 0 Å². The van der Waals surface area contributed by atoms with E-state index < -0.39 is 10.9 Å². The predicted octanol–water partition coefficient (Wildman–Crippen LogP) is 3.66. The third-order valence-corrected chi connectivity index (χ3v) is 4.11. The van der Waals surface area contributed by atoms with E-state index in [1.807, 2.05) is 0 Å². The number of nitro benzene ring substituents is 1. The molecule has 1 N–H and O–H groups in total. The molecular weight excluding hydrogens is 354 g/mol. The number of aromatic nitrogens is 2. The van der Waals surface area contributed by atoms with Crippen LogP contribution in [0.3, 0.4) is 0 Å². The van der Waals surface area contributed by atoms with Gasteiger partial charge in [-0.2, -0.15) is 0 Å². The van der Waals surface area contributed by atoms with Gasteiger partial charge < -0.3 is 14.3 Å². The SMILES string of the molecule is COc1ccc(C(=O)O)c2c1oc1cnc(-c3ccc([N+](=O)[O-])cc3)nc12. The van der Waals surface area contributed by atoms with Gasteiger partial charge in [0.1, 0.15) is 5.52 Å². The number of non-ortho nitro benzene ring substituents is 1. The van der Waals surface area contributed by atoms with E-state index in [0.717, 1.165) is 0 Å². The summed E-state index contributed by atoms with van der Waals surface area (Å²) in [7, 11) is 1.45. The van der Waals surface area contributed by atoms with E-state index in [2.05, 4.69) is 9.97 Å². The van der Waals surface area contributed by atoms with Gasteiger partial charge in [-0.1, -0.05) is 0 Å². The maximum absolute atomic E-state index is 11.6. The first-order valence-electron chi connectivity index (χ1n) is 7.74. The summed E-state index contributed by atoms with van der Waals surface area (Å²) in [6.45, 7) is 0. The summed E-state index contributed by atoms with van der Waals surface area (Å²) in [6, 6.07) is 8.69. The molecule has 0 amide bonds. The van der Waals surface area contributed by atoms with Crippen LogP contribution in [-0.2, 0) is 0 Å². The van der Waals surface area contributed by atoms with Crippen LogP contribution in [0.25, 0.3) is 33.5 Å². The zero-order valence-corrected chi connectivity index (χ0v) is 13.9. The number of carbonyl (C=O) groups is 1. The summed E-state index contributed by atoms with van der Waals surface area (Å²) >= 11 is 0. The lowest BCUT2D eigenvalue weighted by molar-refractivity contribution is -0.384. The Balaban J connectivity index is 1.97. The average Bonchev–Trinajstić information content (AvgIpc) is 3.06. The molecular formula is C18H11N3O6. The Bertz CT molecular complexity index is 1210. The molecule has 0 aliphatic rings. The second kappa shape index (κ2) is 6.06. The van der Waals surface area contributed by atoms with Crippen LogP contribution in [0.15, 0.2) is 47.0 Å². The minimum Gasteiger partial charge on any atom is -0.493 e. The molecule has 0 atom stereocenters. The summed E-state index contributed by atoms with van der Waals surface area (Å²) < 4.78 is 10.9. The van der Waals surface area contributed by atoms with Crippen molar-refractivity contribution in [2.24, 2.45) is 0 Å². The number of nitro groups is 1. The fourth-order valence-electron chi connectivity index (χ4n) is 2.84. The number of benzene rings is 2. The van der Waals surface area contributed by atoms with Crippen LogP contribution in [0.4, 0.5) is 5.69 Å². The summed E-state index contributed by atoms with van der Waals surface area (Å²) in [5.74, 6) is -0.454. The van der Waals surface area contributed by atoms with Crippen molar-refractivity contribution in [3.8, 4) is 17.1 Å². The fraction of sp³-hybridized carbons (Fsp3) is 0.0556. The van der Waals surface area contributed by atoms with Crippen molar-refractivity contribution in [2.45, 2.75) is 0 Å². The second-order valence-electron chi connectivity index (χ2n) is 5.64. The Kier molecular flexibility index (Phi) is 3.69. The lowest BCUT2D eigenvalue weighted by Crippen LogP contribution is -1.98. The fourth-order valence-corrected chi connectivity index (χ4v) is 2.84. The first kappa shape index (κ1) is 16.5. The molecule has 0 aliphatic carbocycles. The van der Waals surface area contributed by atoms with Gasteiger partial charge in [-0.25, -0.2) is 14.8 Å². The monoisotopic (exact) mass is 365 g/mol. The van der Waals surface area contributed by atoms with E-state index in [-0.39, 0.29) is 16.8 Å². The van der Waals surface area contributed by atoms with Gasteiger partial charge in [0, 0.05) is 17.7 Å². The topological polar surface area (TPSA) is 129 Å². The highest BCUT2D eigenvalue weighted by molar-refractivity contribution is 6.14. The number of hydrogen-bond donors (Lipinski definition) is 1. The summed E-state index contributed by atoms with van der Waals surface area (Å²) in [5.41, 5.74) is 1.43. The second-order valence-corrected chi connectivity index (χ2v) is 5.64.